The third-order valence-electron chi connectivity index (χ3n) is 6.47. The summed E-state index contributed by atoms with van der Waals surface area (Å²) in [5.74, 6) is 0.204. The summed E-state index contributed by atoms with van der Waals surface area (Å²) in [7, 11) is -2.50. The van der Waals surface area contributed by atoms with Crippen LogP contribution < -0.4 is 14.4 Å². The number of anilines is 1. The highest BCUT2D eigenvalue weighted by molar-refractivity contribution is 7.92. The smallest absolute Gasteiger partial charge is 0.264 e. The van der Waals surface area contributed by atoms with Gasteiger partial charge in [0.25, 0.3) is 15.9 Å². The molecule has 4 aromatic rings. The van der Waals surface area contributed by atoms with E-state index in [0.717, 1.165) is 17.5 Å². The van der Waals surface area contributed by atoms with Crippen molar-refractivity contribution in [2.24, 2.45) is 0 Å². The molecule has 4 aromatic carbocycles. The number of sulfonamides is 1. The minimum atomic E-state index is -4.02. The molecule has 38 heavy (non-hydrogen) atoms. The van der Waals surface area contributed by atoms with Gasteiger partial charge in [0.2, 0.25) is 0 Å². The molecule has 0 bridgehead atoms. The van der Waals surface area contributed by atoms with Gasteiger partial charge in [-0.25, -0.2) is 8.42 Å². The third kappa shape index (κ3) is 6.06. The van der Waals surface area contributed by atoms with E-state index in [2.05, 4.69) is 24.4 Å². The first-order chi connectivity index (χ1) is 18.3. The molecule has 4 rings (SSSR count). The van der Waals surface area contributed by atoms with Crippen molar-refractivity contribution in [1.29, 1.82) is 0 Å². The largest absolute Gasteiger partial charge is 0.497 e. The summed E-state index contributed by atoms with van der Waals surface area (Å²) >= 11 is 0. The van der Waals surface area contributed by atoms with Crippen LogP contribution in [-0.2, 0) is 23.0 Å². The fraction of sp³-hybridized carbons (Fsp3) is 0.194. The van der Waals surface area contributed by atoms with E-state index in [1.807, 2.05) is 49.4 Å². The summed E-state index contributed by atoms with van der Waals surface area (Å²) in [5.41, 5.74) is 3.57. The molecule has 0 fully saturated rings. The molecular formula is C31H32N2O4S. The maximum Gasteiger partial charge on any atom is 0.264 e. The SMILES string of the molecule is CCc1ccc([C@H](C)NC(=O)c2ccccc2N(Cc2ccccc2)S(=O)(=O)c2ccc(OC)cc2)cc1. The Bertz CT molecular complexity index is 1470. The lowest BCUT2D eigenvalue weighted by Crippen LogP contribution is -2.34. The van der Waals surface area contributed by atoms with Crippen LogP contribution in [0.15, 0.2) is 108 Å². The number of amides is 1. The van der Waals surface area contributed by atoms with Gasteiger partial charge in [-0.05, 0) is 66.4 Å². The van der Waals surface area contributed by atoms with Gasteiger partial charge in [0.1, 0.15) is 5.75 Å². The number of nitrogens with one attached hydrogen (secondary N) is 1. The maximum absolute atomic E-state index is 14.0. The van der Waals surface area contributed by atoms with Gasteiger partial charge in [-0.15, -0.1) is 0 Å². The first-order valence-electron chi connectivity index (χ1n) is 12.5. The van der Waals surface area contributed by atoms with Crippen molar-refractivity contribution in [3.05, 3.63) is 125 Å². The Morgan fingerprint density at radius 2 is 1.47 bits per heavy atom. The van der Waals surface area contributed by atoms with Crippen molar-refractivity contribution in [3.63, 3.8) is 0 Å². The van der Waals surface area contributed by atoms with Crippen LogP contribution in [-0.4, -0.2) is 21.4 Å². The van der Waals surface area contributed by atoms with Crippen molar-refractivity contribution in [2.75, 3.05) is 11.4 Å². The number of benzene rings is 4. The number of rotatable bonds is 10. The number of ether oxygens (including phenoxy) is 1. The standard InChI is InChI=1S/C31H32N2O4S/c1-4-24-14-16-26(17-15-24)23(2)32-31(34)29-12-8-9-13-30(29)33(22-25-10-6-5-7-11-25)38(35,36)28-20-18-27(37-3)19-21-28/h5-21,23H,4,22H2,1-3H3,(H,32,34)/t23-/m0/s1. The average Bonchev–Trinajstić information content (AvgIpc) is 2.96. The summed E-state index contributed by atoms with van der Waals surface area (Å²) in [6.07, 6.45) is 0.939. The lowest BCUT2D eigenvalue weighted by atomic mass is 10.0. The molecule has 0 saturated heterocycles. The number of aryl methyl sites for hydroxylation is 1. The Labute approximate surface area is 225 Å². The van der Waals surface area contributed by atoms with Crippen LogP contribution in [0, 0.1) is 0 Å². The monoisotopic (exact) mass is 528 g/mol. The zero-order chi connectivity index (χ0) is 27.1. The Morgan fingerprint density at radius 3 is 2.11 bits per heavy atom. The molecule has 0 aliphatic heterocycles. The van der Waals surface area contributed by atoms with Gasteiger partial charge in [0.05, 0.1) is 35.8 Å². The Morgan fingerprint density at radius 1 is 0.842 bits per heavy atom. The number of methoxy groups -OCH3 is 1. The quantitative estimate of drug-likeness (QED) is 0.268. The van der Waals surface area contributed by atoms with E-state index in [1.165, 1.54) is 29.1 Å². The molecule has 0 spiro atoms. The van der Waals surface area contributed by atoms with E-state index in [-0.39, 0.29) is 29.0 Å². The van der Waals surface area contributed by atoms with Crippen LogP contribution >= 0.6 is 0 Å². The van der Waals surface area contributed by atoms with Crippen molar-refractivity contribution in [3.8, 4) is 5.75 Å². The van der Waals surface area contributed by atoms with Gasteiger partial charge >= 0.3 is 0 Å². The molecule has 0 saturated carbocycles. The van der Waals surface area contributed by atoms with Gasteiger partial charge in [-0.3, -0.25) is 9.10 Å². The molecule has 1 atom stereocenters. The second-order valence-electron chi connectivity index (χ2n) is 8.98. The number of carbonyl (C=O) groups excluding carboxylic acids is 1. The van der Waals surface area contributed by atoms with Gasteiger partial charge in [0.15, 0.2) is 0 Å². The lowest BCUT2D eigenvalue weighted by Gasteiger charge is -2.27. The van der Waals surface area contributed by atoms with E-state index in [4.69, 9.17) is 4.74 Å². The van der Waals surface area contributed by atoms with Crippen LogP contribution in [0.4, 0.5) is 5.69 Å². The highest BCUT2D eigenvalue weighted by Crippen LogP contribution is 2.30. The van der Waals surface area contributed by atoms with Crippen molar-refractivity contribution >= 4 is 21.6 Å². The summed E-state index contributed by atoms with van der Waals surface area (Å²) < 4.78 is 34.4. The summed E-state index contributed by atoms with van der Waals surface area (Å²) in [4.78, 5) is 13.6. The maximum atomic E-state index is 14.0. The second-order valence-corrected chi connectivity index (χ2v) is 10.8. The Kier molecular flexibility index (Phi) is 8.48. The molecule has 0 radical (unpaired) electrons. The molecule has 0 unspecified atom stereocenters. The molecule has 0 aliphatic rings. The lowest BCUT2D eigenvalue weighted by molar-refractivity contribution is 0.0940. The second kappa shape index (κ2) is 12.0. The van der Waals surface area contributed by atoms with E-state index < -0.39 is 10.0 Å². The first-order valence-corrected chi connectivity index (χ1v) is 14.0. The minimum absolute atomic E-state index is 0.0630. The predicted molar refractivity (Wildman–Crippen MR) is 151 cm³/mol. The van der Waals surface area contributed by atoms with Gasteiger partial charge in [-0.2, -0.15) is 0 Å². The number of hydrogen-bond acceptors (Lipinski definition) is 4. The Hall–Kier alpha value is -4.10. The topological polar surface area (TPSA) is 75.7 Å². The number of nitrogens with zero attached hydrogens (tertiary/aromatic N) is 1. The molecule has 0 aliphatic carbocycles. The van der Waals surface area contributed by atoms with Crippen molar-refractivity contribution in [2.45, 2.75) is 37.8 Å². The normalized spacial score (nSPS) is 12.0. The molecule has 0 heterocycles. The van der Waals surface area contributed by atoms with E-state index >= 15 is 0 Å². The van der Waals surface area contributed by atoms with Crippen LogP contribution in [0.1, 0.15) is 46.9 Å². The summed E-state index contributed by atoms with van der Waals surface area (Å²) in [6, 6.07) is 30.2. The third-order valence-corrected chi connectivity index (χ3v) is 8.24. The van der Waals surface area contributed by atoms with Crippen molar-refractivity contribution < 1.29 is 17.9 Å². The summed E-state index contributed by atoms with van der Waals surface area (Å²) in [6.45, 7) is 4.07. The molecule has 0 aromatic heterocycles. The fourth-order valence-corrected chi connectivity index (χ4v) is 5.68. The highest BCUT2D eigenvalue weighted by Gasteiger charge is 2.29. The predicted octanol–water partition coefficient (Wildman–Crippen LogP) is 6.14. The number of carbonyl (C=O) groups is 1. The zero-order valence-corrected chi connectivity index (χ0v) is 22.6. The zero-order valence-electron chi connectivity index (χ0n) is 21.8. The molecule has 196 valence electrons. The number of hydrogen-bond donors (Lipinski definition) is 1. The average molecular weight is 529 g/mol. The minimum Gasteiger partial charge on any atom is -0.497 e. The van der Waals surface area contributed by atoms with E-state index in [9.17, 15) is 13.2 Å². The van der Waals surface area contributed by atoms with Gasteiger partial charge in [0, 0.05) is 0 Å². The molecular weight excluding hydrogens is 496 g/mol. The molecule has 1 amide bonds. The Balaban J connectivity index is 1.71. The van der Waals surface area contributed by atoms with Crippen molar-refractivity contribution in [1.82, 2.24) is 5.32 Å². The summed E-state index contributed by atoms with van der Waals surface area (Å²) in [5, 5.41) is 3.04. The van der Waals surface area contributed by atoms with E-state index in [1.54, 1.807) is 36.4 Å². The first kappa shape index (κ1) is 26.9. The highest BCUT2D eigenvalue weighted by atomic mass is 32.2. The van der Waals surface area contributed by atoms with Gasteiger partial charge < -0.3 is 10.1 Å². The van der Waals surface area contributed by atoms with Crippen LogP contribution in [0.2, 0.25) is 0 Å². The number of para-hydroxylation sites is 1. The van der Waals surface area contributed by atoms with Crippen LogP contribution in [0.25, 0.3) is 0 Å². The fourth-order valence-electron chi connectivity index (χ4n) is 4.21. The molecule has 1 N–H and O–H groups in total. The molecule has 7 heteroatoms. The van der Waals surface area contributed by atoms with E-state index in [0.29, 0.717) is 11.4 Å². The van der Waals surface area contributed by atoms with Crippen LogP contribution in [0.3, 0.4) is 0 Å². The van der Waals surface area contributed by atoms with Gasteiger partial charge in [-0.1, -0.05) is 73.7 Å². The molecule has 6 nitrogen and oxygen atoms in total. The van der Waals surface area contributed by atoms with Crippen LogP contribution in [0.5, 0.6) is 5.75 Å².